The van der Waals surface area contributed by atoms with Crippen LogP contribution in [-0.2, 0) is 25.6 Å². The first-order valence-electron chi connectivity index (χ1n) is 20.7. The van der Waals surface area contributed by atoms with Crippen LogP contribution in [0.1, 0.15) is 139 Å². The van der Waals surface area contributed by atoms with Crippen molar-refractivity contribution >= 4 is 5.97 Å². The minimum Gasteiger partial charge on any atom is -0.461 e. The van der Waals surface area contributed by atoms with Crippen LogP contribution in [0.15, 0.2) is 42.0 Å². The lowest BCUT2D eigenvalue weighted by Crippen LogP contribution is -2.69. The van der Waals surface area contributed by atoms with Gasteiger partial charge in [0.05, 0.1) is 31.8 Å². The topological polar surface area (TPSA) is 44.8 Å². The summed E-state index contributed by atoms with van der Waals surface area (Å²) in [5, 5.41) is 0. The van der Waals surface area contributed by atoms with Crippen LogP contribution in [0.25, 0.3) is 0 Å². The van der Waals surface area contributed by atoms with E-state index >= 15 is 0 Å². The Morgan fingerprint density at radius 1 is 0.900 bits per heavy atom. The van der Waals surface area contributed by atoms with Gasteiger partial charge < -0.3 is 14.2 Å². The molecular formula is C46H70O4. The number of ether oxygens (including phenoxy) is 3. The Morgan fingerprint density at radius 2 is 1.62 bits per heavy atom. The predicted octanol–water partition coefficient (Wildman–Crippen LogP) is 11.2. The third-order valence-electron chi connectivity index (χ3n) is 17.3. The number of hydrogen-bond donors (Lipinski definition) is 0. The van der Waals surface area contributed by atoms with Gasteiger partial charge in [0.25, 0.3) is 0 Å². The molecule has 0 amide bonds. The van der Waals surface area contributed by atoms with E-state index in [1.807, 2.05) is 18.2 Å². The summed E-state index contributed by atoms with van der Waals surface area (Å²) in [5.41, 5.74) is 2.89. The van der Waals surface area contributed by atoms with Crippen LogP contribution in [0.5, 0.6) is 0 Å². The van der Waals surface area contributed by atoms with Crippen molar-refractivity contribution in [3.63, 3.8) is 0 Å². The number of fused-ring (bicyclic) bond motifs is 3. The third kappa shape index (κ3) is 5.53. The van der Waals surface area contributed by atoms with Crippen LogP contribution in [0.3, 0.4) is 0 Å². The van der Waals surface area contributed by atoms with Gasteiger partial charge in [0.1, 0.15) is 6.61 Å². The molecule has 1 heterocycles. The number of carbonyl (C=O) groups excluding carboxylic acids is 1. The molecule has 6 aliphatic rings. The van der Waals surface area contributed by atoms with Gasteiger partial charge in [-0.05, 0) is 108 Å². The molecular weight excluding hydrogens is 617 g/mol. The highest BCUT2D eigenvalue weighted by Crippen LogP contribution is 2.75. The molecule has 0 unspecified atom stereocenters. The number of esters is 1. The molecule has 5 fully saturated rings. The Hall–Kier alpha value is -1.65. The van der Waals surface area contributed by atoms with Crippen molar-refractivity contribution in [3.05, 3.63) is 47.5 Å². The quantitative estimate of drug-likeness (QED) is 0.202. The fraction of sp³-hybridized carbons (Fsp3) is 0.804. The first-order chi connectivity index (χ1) is 23.6. The first kappa shape index (κ1) is 36.7. The molecule has 4 nitrogen and oxygen atoms in total. The van der Waals surface area contributed by atoms with Crippen molar-refractivity contribution in [3.8, 4) is 0 Å². The maximum Gasteiger partial charge on any atom is 0.310 e. The molecule has 7 rings (SSSR count). The zero-order valence-electron chi connectivity index (χ0n) is 33.2. The molecule has 1 aliphatic heterocycles. The van der Waals surface area contributed by atoms with E-state index in [9.17, 15) is 4.79 Å². The van der Waals surface area contributed by atoms with E-state index in [1.165, 1.54) is 51.4 Å². The summed E-state index contributed by atoms with van der Waals surface area (Å²) < 4.78 is 20.3. The van der Waals surface area contributed by atoms with Gasteiger partial charge in [0.15, 0.2) is 0 Å². The van der Waals surface area contributed by atoms with Crippen LogP contribution in [0.4, 0.5) is 0 Å². The highest BCUT2D eigenvalue weighted by Gasteiger charge is 2.71. The Kier molecular flexibility index (Phi) is 9.56. The highest BCUT2D eigenvalue weighted by atomic mass is 16.5. The minimum absolute atomic E-state index is 0.0173. The molecule has 1 saturated heterocycles. The molecule has 0 N–H and O–H groups in total. The van der Waals surface area contributed by atoms with Crippen molar-refractivity contribution in [2.24, 2.45) is 68.0 Å². The second-order valence-corrected chi connectivity index (χ2v) is 20.4. The van der Waals surface area contributed by atoms with E-state index in [4.69, 9.17) is 14.2 Å². The Bertz CT molecular complexity index is 1430. The van der Waals surface area contributed by atoms with Gasteiger partial charge in [0, 0.05) is 10.8 Å². The van der Waals surface area contributed by atoms with Crippen LogP contribution in [0, 0.1) is 68.0 Å². The van der Waals surface area contributed by atoms with Gasteiger partial charge in [0.2, 0.25) is 0 Å². The third-order valence-corrected chi connectivity index (χ3v) is 17.3. The van der Waals surface area contributed by atoms with Gasteiger partial charge in [-0.25, -0.2) is 0 Å². The van der Waals surface area contributed by atoms with E-state index < -0.39 is 0 Å². The molecule has 0 radical (unpaired) electrons. The number of carbonyl (C=O) groups is 1. The van der Waals surface area contributed by atoms with E-state index in [2.05, 4.69) is 80.5 Å². The lowest BCUT2D eigenvalue weighted by atomic mass is 9.34. The van der Waals surface area contributed by atoms with Gasteiger partial charge in [-0.2, -0.15) is 0 Å². The second-order valence-electron chi connectivity index (χ2n) is 20.4. The number of benzene rings is 1. The largest absolute Gasteiger partial charge is 0.461 e. The zero-order valence-corrected chi connectivity index (χ0v) is 33.2. The molecule has 5 aliphatic carbocycles. The van der Waals surface area contributed by atoms with Crippen molar-refractivity contribution in [1.29, 1.82) is 0 Å². The maximum atomic E-state index is 14.7. The summed E-state index contributed by atoms with van der Waals surface area (Å²) >= 11 is 0. The highest BCUT2D eigenvalue weighted by molar-refractivity contribution is 5.75. The molecule has 4 saturated carbocycles. The zero-order chi connectivity index (χ0) is 35.7. The number of rotatable bonds is 8. The lowest BCUT2D eigenvalue weighted by Gasteiger charge is -2.71. The number of hydrogen-bond acceptors (Lipinski definition) is 4. The summed E-state index contributed by atoms with van der Waals surface area (Å²) in [6, 6.07) is 10.2. The summed E-state index contributed by atoms with van der Waals surface area (Å²) in [7, 11) is 0. The molecule has 2 bridgehead atoms. The van der Waals surface area contributed by atoms with Crippen molar-refractivity contribution in [1.82, 2.24) is 0 Å². The van der Waals surface area contributed by atoms with Crippen LogP contribution >= 0.6 is 0 Å². The maximum absolute atomic E-state index is 14.7. The van der Waals surface area contributed by atoms with E-state index in [0.717, 1.165) is 44.6 Å². The van der Waals surface area contributed by atoms with Gasteiger partial charge in [-0.1, -0.05) is 124 Å². The molecule has 11 atom stereocenters. The Labute approximate surface area is 305 Å². The normalized spacial score (nSPS) is 44.3. The monoisotopic (exact) mass is 687 g/mol. The van der Waals surface area contributed by atoms with E-state index in [1.54, 1.807) is 5.57 Å². The summed E-state index contributed by atoms with van der Waals surface area (Å²) in [5.74, 6) is 2.33. The fourth-order valence-corrected chi connectivity index (χ4v) is 14.0. The van der Waals surface area contributed by atoms with Crippen LogP contribution in [-0.4, -0.2) is 31.9 Å². The van der Waals surface area contributed by atoms with Crippen molar-refractivity contribution < 1.29 is 19.0 Å². The Morgan fingerprint density at radius 3 is 2.32 bits per heavy atom. The lowest BCUT2D eigenvalue weighted by molar-refractivity contribution is -0.255. The van der Waals surface area contributed by atoms with Gasteiger partial charge >= 0.3 is 5.97 Å². The SMILES string of the molecule is CC(C)[C@@H](C)[C@@]1(C)CC[C@]2(C)[C@H]3CC[C@@H]4[C@@]5(COC[C@@]4(C)[C@@H](OCC4(C)CCCCC4)[C@H](C)C5)C3=CC[C@@]2(C)[C@@H]1C(=O)OCc1ccccc1. The molecule has 50 heavy (non-hydrogen) atoms. The predicted molar refractivity (Wildman–Crippen MR) is 202 cm³/mol. The van der Waals surface area contributed by atoms with Crippen LogP contribution < -0.4 is 0 Å². The second kappa shape index (κ2) is 13.0. The molecule has 4 heteroatoms. The Balaban J connectivity index is 1.22. The smallest absolute Gasteiger partial charge is 0.310 e. The molecule has 0 spiro atoms. The summed E-state index contributed by atoms with van der Waals surface area (Å²) in [6.45, 7) is 25.0. The molecule has 0 aromatic heterocycles. The van der Waals surface area contributed by atoms with Gasteiger partial charge in [-0.15, -0.1) is 0 Å². The summed E-state index contributed by atoms with van der Waals surface area (Å²) in [6.07, 6.45) is 16.4. The van der Waals surface area contributed by atoms with Crippen LogP contribution in [0.2, 0.25) is 0 Å². The average molecular weight is 687 g/mol. The van der Waals surface area contributed by atoms with E-state index in [0.29, 0.717) is 41.6 Å². The molecule has 1 aromatic rings. The van der Waals surface area contributed by atoms with Crippen molar-refractivity contribution in [2.75, 3.05) is 19.8 Å². The number of allylic oxidation sites excluding steroid dienone is 1. The first-order valence-corrected chi connectivity index (χ1v) is 20.7. The summed E-state index contributed by atoms with van der Waals surface area (Å²) in [4.78, 5) is 14.7. The molecule has 1 aromatic carbocycles. The van der Waals surface area contributed by atoms with Gasteiger partial charge in [-0.3, -0.25) is 4.79 Å². The van der Waals surface area contributed by atoms with Crippen molar-refractivity contribution in [2.45, 2.75) is 146 Å². The van der Waals surface area contributed by atoms with E-state index in [-0.39, 0.29) is 45.1 Å². The molecule has 278 valence electrons. The minimum atomic E-state index is -0.186. The fourth-order valence-electron chi connectivity index (χ4n) is 14.0. The average Bonchev–Trinajstić information content (AvgIpc) is 3.08. The standard InChI is InChI=1S/C46H70O4/c1-31(2)33(4)42(6)24-25-44(8)35-18-19-37-43(7)29-48-30-46(37,26-32(3)39(43)50-28-41(5)21-14-11-15-22-41)36(35)20-23-45(44,9)38(42)40(47)49-27-34-16-12-10-13-17-34/h10,12-13,16-17,20,31-33,35,37-39H,11,14-15,18-19,21-30H2,1-9H3/t32-,33-,35+,37+,38-,39+,42-,43-,44-,45+,46+/m1/s1.